The van der Waals surface area contributed by atoms with Gasteiger partial charge >= 0.3 is 6.18 Å². The lowest BCUT2D eigenvalue weighted by Gasteiger charge is -2.33. The summed E-state index contributed by atoms with van der Waals surface area (Å²) in [5, 5.41) is 7.93. The third kappa shape index (κ3) is 4.44. The van der Waals surface area contributed by atoms with Crippen LogP contribution in [0.4, 0.5) is 24.5 Å². The van der Waals surface area contributed by atoms with Crippen molar-refractivity contribution in [3.63, 3.8) is 0 Å². The minimum atomic E-state index is -4.66. The third-order valence-corrected chi connectivity index (χ3v) is 7.20. The second-order valence-electron chi connectivity index (χ2n) is 7.98. The SMILES string of the molecule is O=C1C2=CN=NC2c2ccc(-c3ccncc3NS(=O)(=O)c3cccc(Cl)c3)cc2N1CC(F)(F)F. The maximum Gasteiger partial charge on any atom is 0.406 e. The van der Waals surface area contributed by atoms with Crippen molar-refractivity contribution >= 4 is 38.9 Å². The second-order valence-corrected chi connectivity index (χ2v) is 10.1. The molecular formula is C23H15ClF3N5O3S. The Labute approximate surface area is 208 Å². The van der Waals surface area contributed by atoms with Crippen LogP contribution in [0.15, 0.2) is 87.8 Å². The predicted molar refractivity (Wildman–Crippen MR) is 126 cm³/mol. The molecule has 0 radical (unpaired) electrons. The lowest BCUT2D eigenvalue weighted by atomic mass is 9.90. The van der Waals surface area contributed by atoms with Gasteiger partial charge in [0, 0.05) is 22.3 Å². The van der Waals surface area contributed by atoms with Crippen LogP contribution in [-0.2, 0) is 14.8 Å². The number of pyridine rings is 1. The van der Waals surface area contributed by atoms with Gasteiger partial charge < -0.3 is 0 Å². The number of aromatic nitrogens is 1. The maximum atomic E-state index is 13.4. The third-order valence-electron chi connectivity index (χ3n) is 5.60. The standard InChI is InChI=1S/C23H15ClF3N5O3S/c24-14-2-1-3-15(9-14)36(34,35)31-19-11-28-7-6-16(19)13-4-5-17-20(8-13)32(12-23(25,26)27)22(33)18-10-29-30-21(17)18/h1-11,21,31H,12H2. The van der Waals surface area contributed by atoms with Crippen LogP contribution in [0.1, 0.15) is 11.6 Å². The van der Waals surface area contributed by atoms with E-state index in [4.69, 9.17) is 11.6 Å². The van der Waals surface area contributed by atoms with E-state index in [1.165, 1.54) is 55.0 Å². The second kappa shape index (κ2) is 8.71. The molecule has 1 amide bonds. The number of hydrogen-bond acceptors (Lipinski definition) is 6. The largest absolute Gasteiger partial charge is 0.406 e. The Kier molecular flexibility index (Phi) is 5.80. The Bertz CT molecular complexity index is 1560. The van der Waals surface area contributed by atoms with Crippen LogP contribution in [0.3, 0.4) is 0 Å². The van der Waals surface area contributed by atoms with E-state index in [1.54, 1.807) is 12.1 Å². The fourth-order valence-electron chi connectivity index (χ4n) is 4.04. The Morgan fingerprint density at radius 3 is 2.67 bits per heavy atom. The number of carbonyl (C=O) groups excluding carboxylic acids is 1. The molecule has 0 bridgehead atoms. The van der Waals surface area contributed by atoms with E-state index < -0.39 is 34.7 Å². The highest BCUT2D eigenvalue weighted by Crippen LogP contribution is 2.45. The van der Waals surface area contributed by atoms with Crippen molar-refractivity contribution in [3.05, 3.63) is 83.3 Å². The molecule has 0 saturated carbocycles. The molecule has 1 unspecified atom stereocenters. The number of fused-ring (bicyclic) bond motifs is 3. The number of anilines is 2. The minimum Gasteiger partial charge on any atom is -0.299 e. The van der Waals surface area contributed by atoms with Crippen LogP contribution in [0.25, 0.3) is 11.1 Å². The number of carbonyl (C=O) groups is 1. The summed E-state index contributed by atoms with van der Waals surface area (Å²) in [7, 11) is -4.06. The summed E-state index contributed by atoms with van der Waals surface area (Å²) in [4.78, 5) is 17.4. The molecular weight excluding hydrogens is 519 g/mol. The van der Waals surface area contributed by atoms with Crippen molar-refractivity contribution < 1.29 is 26.4 Å². The number of azo groups is 1. The molecule has 13 heteroatoms. The van der Waals surface area contributed by atoms with Crippen LogP contribution < -0.4 is 9.62 Å². The molecule has 2 aliphatic rings. The fourth-order valence-corrected chi connectivity index (χ4v) is 5.40. The highest BCUT2D eigenvalue weighted by molar-refractivity contribution is 7.92. The first-order valence-electron chi connectivity index (χ1n) is 10.4. The molecule has 1 aromatic heterocycles. The summed E-state index contributed by atoms with van der Waals surface area (Å²) in [5.41, 5.74) is 1.24. The van der Waals surface area contributed by atoms with E-state index in [0.717, 1.165) is 0 Å². The van der Waals surface area contributed by atoms with Crippen molar-refractivity contribution in [2.24, 2.45) is 10.2 Å². The van der Waals surface area contributed by atoms with Gasteiger partial charge in [-0.25, -0.2) is 8.42 Å². The van der Waals surface area contributed by atoms with Crippen LogP contribution in [-0.4, -0.2) is 32.0 Å². The smallest absolute Gasteiger partial charge is 0.299 e. The zero-order chi connectivity index (χ0) is 25.7. The summed E-state index contributed by atoms with van der Waals surface area (Å²) >= 11 is 5.92. The Morgan fingerprint density at radius 1 is 1.11 bits per heavy atom. The average molecular weight is 534 g/mol. The fraction of sp³-hybridized carbons (Fsp3) is 0.130. The summed E-state index contributed by atoms with van der Waals surface area (Å²) in [6, 6.07) is 10.9. The molecule has 1 atom stereocenters. The van der Waals surface area contributed by atoms with Gasteiger partial charge in [-0.15, -0.1) is 0 Å². The van der Waals surface area contributed by atoms with Gasteiger partial charge in [-0.3, -0.25) is 19.4 Å². The van der Waals surface area contributed by atoms with Gasteiger partial charge in [0.15, 0.2) is 0 Å². The molecule has 0 saturated heterocycles. The van der Waals surface area contributed by atoms with Crippen molar-refractivity contribution in [2.45, 2.75) is 17.1 Å². The summed E-state index contributed by atoms with van der Waals surface area (Å²) in [6.45, 7) is -1.50. The molecule has 0 fully saturated rings. The highest BCUT2D eigenvalue weighted by Gasteiger charge is 2.43. The summed E-state index contributed by atoms with van der Waals surface area (Å²) < 4.78 is 68.4. The first-order valence-corrected chi connectivity index (χ1v) is 12.2. The molecule has 184 valence electrons. The summed E-state index contributed by atoms with van der Waals surface area (Å²) in [5.74, 6) is -0.844. The van der Waals surface area contributed by atoms with Crippen LogP contribution >= 0.6 is 11.6 Å². The van der Waals surface area contributed by atoms with E-state index in [-0.39, 0.29) is 26.9 Å². The minimum absolute atomic E-state index is 0.0123. The van der Waals surface area contributed by atoms with Gasteiger partial charge in [-0.2, -0.15) is 23.4 Å². The maximum absolute atomic E-state index is 13.4. The Morgan fingerprint density at radius 2 is 1.92 bits per heavy atom. The lowest BCUT2D eigenvalue weighted by molar-refractivity contribution is -0.130. The number of alkyl halides is 3. The van der Waals surface area contributed by atoms with Crippen LogP contribution in [0.2, 0.25) is 5.02 Å². The molecule has 36 heavy (non-hydrogen) atoms. The van der Waals surface area contributed by atoms with E-state index in [0.29, 0.717) is 21.6 Å². The Hall–Kier alpha value is -3.77. The van der Waals surface area contributed by atoms with Gasteiger partial charge in [0.05, 0.1) is 34.2 Å². The van der Waals surface area contributed by atoms with E-state index in [2.05, 4.69) is 19.9 Å². The number of sulfonamides is 1. The normalized spacial score (nSPS) is 17.0. The number of hydrogen-bond donors (Lipinski definition) is 1. The van der Waals surface area contributed by atoms with Gasteiger partial charge in [0.25, 0.3) is 15.9 Å². The first-order chi connectivity index (χ1) is 17.0. The number of rotatable bonds is 5. The molecule has 0 spiro atoms. The van der Waals surface area contributed by atoms with E-state index in [9.17, 15) is 26.4 Å². The molecule has 3 aromatic rings. The Balaban J connectivity index is 1.58. The van der Waals surface area contributed by atoms with Crippen molar-refractivity contribution in [1.82, 2.24) is 4.98 Å². The van der Waals surface area contributed by atoms with Crippen molar-refractivity contribution in [1.29, 1.82) is 0 Å². The highest BCUT2D eigenvalue weighted by atomic mass is 35.5. The van der Waals surface area contributed by atoms with Gasteiger partial charge in [-0.1, -0.05) is 29.8 Å². The number of halogens is 4. The first kappa shape index (κ1) is 23.9. The number of amides is 1. The summed E-state index contributed by atoms with van der Waals surface area (Å²) in [6.07, 6.45) is -0.797. The van der Waals surface area contributed by atoms with Crippen LogP contribution in [0.5, 0.6) is 0 Å². The van der Waals surface area contributed by atoms with E-state index >= 15 is 0 Å². The molecule has 2 aliphatic heterocycles. The van der Waals surface area contributed by atoms with Crippen LogP contribution in [0, 0.1) is 0 Å². The molecule has 2 aromatic carbocycles. The molecule has 1 N–H and O–H groups in total. The quantitative estimate of drug-likeness (QED) is 0.467. The van der Waals surface area contributed by atoms with Gasteiger partial charge in [0.2, 0.25) is 0 Å². The zero-order valence-electron chi connectivity index (χ0n) is 18.1. The molecule has 0 aliphatic carbocycles. The number of nitrogens with one attached hydrogen (secondary N) is 1. The molecule has 5 rings (SSSR count). The van der Waals surface area contributed by atoms with Gasteiger partial charge in [-0.05, 0) is 35.9 Å². The lowest BCUT2D eigenvalue weighted by Crippen LogP contribution is -2.43. The zero-order valence-corrected chi connectivity index (χ0v) is 19.6. The molecule has 8 nitrogen and oxygen atoms in total. The predicted octanol–water partition coefficient (Wildman–Crippen LogP) is 5.50. The van der Waals surface area contributed by atoms with Gasteiger partial charge in [0.1, 0.15) is 12.6 Å². The average Bonchev–Trinajstić information content (AvgIpc) is 3.31. The molecule has 3 heterocycles. The van der Waals surface area contributed by atoms with Crippen molar-refractivity contribution in [2.75, 3.05) is 16.2 Å². The monoisotopic (exact) mass is 533 g/mol. The topological polar surface area (TPSA) is 104 Å². The van der Waals surface area contributed by atoms with Crippen molar-refractivity contribution in [3.8, 4) is 11.1 Å². The number of benzene rings is 2. The number of nitrogens with zero attached hydrogens (tertiary/aromatic N) is 4. The van der Waals surface area contributed by atoms with E-state index in [1.807, 2.05) is 0 Å².